The summed E-state index contributed by atoms with van der Waals surface area (Å²) in [5.74, 6) is 1.01. The standard InChI is InChI=1S/C13H21N3O/c1-16-10-12(9-15-16)2-3-13(17)8-11-4-6-14-7-5-11/h9-11,14H,2-8H2,1H3. The summed E-state index contributed by atoms with van der Waals surface area (Å²) in [5.41, 5.74) is 1.16. The van der Waals surface area contributed by atoms with Crippen molar-refractivity contribution in [1.82, 2.24) is 15.1 Å². The summed E-state index contributed by atoms with van der Waals surface area (Å²) in [6, 6.07) is 0. The lowest BCUT2D eigenvalue weighted by Crippen LogP contribution is -2.28. The van der Waals surface area contributed by atoms with Crippen LogP contribution in [0.3, 0.4) is 0 Å². The van der Waals surface area contributed by atoms with E-state index in [1.54, 1.807) is 4.68 Å². The van der Waals surface area contributed by atoms with Crippen LogP contribution in [-0.4, -0.2) is 28.7 Å². The lowest BCUT2D eigenvalue weighted by atomic mass is 9.91. The zero-order valence-electron chi connectivity index (χ0n) is 10.5. The van der Waals surface area contributed by atoms with Crippen molar-refractivity contribution in [3.8, 4) is 0 Å². The summed E-state index contributed by atoms with van der Waals surface area (Å²) < 4.78 is 1.78. The first-order valence-electron chi connectivity index (χ1n) is 6.44. The number of nitrogens with zero attached hydrogens (tertiary/aromatic N) is 2. The quantitative estimate of drug-likeness (QED) is 0.837. The van der Waals surface area contributed by atoms with Crippen LogP contribution in [0.5, 0.6) is 0 Å². The Kier molecular flexibility index (Phi) is 4.31. The van der Waals surface area contributed by atoms with Crippen LogP contribution in [0.2, 0.25) is 0 Å². The van der Waals surface area contributed by atoms with Gasteiger partial charge in [-0.15, -0.1) is 0 Å². The Morgan fingerprint density at radius 3 is 2.94 bits per heavy atom. The smallest absolute Gasteiger partial charge is 0.133 e. The number of aromatic nitrogens is 2. The minimum atomic E-state index is 0.403. The summed E-state index contributed by atoms with van der Waals surface area (Å²) in [6.45, 7) is 2.14. The molecule has 1 fully saturated rings. The number of carbonyl (C=O) groups excluding carboxylic acids is 1. The van der Waals surface area contributed by atoms with Gasteiger partial charge in [-0.1, -0.05) is 0 Å². The molecule has 0 saturated carbocycles. The molecule has 17 heavy (non-hydrogen) atoms. The molecule has 94 valence electrons. The Hall–Kier alpha value is -1.16. The highest BCUT2D eigenvalue weighted by Gasteiger charge is 2.16. The van der Waals surface area contributed by atoms with E-state index in [0.717, 1.165) is 44.3 Å². The third kappa shape index (κ3) is 3.97. The summed E-state index contributed by atoms with van der Waals surface area (Å²) in [6.07, 6.45) is 8.39. The van der Waals surface area contributed by atoms with E-state index in [-0.39, 0.29) is 0 Å². The van der Waals surface area contributed by atoms with Crippen LogP contribution < -0.4 is 5.32 Å². The normalized spacial score (nSPS) is 17.2. The van der Waals surface area contributed by atoms with Crippen molar-refractivity contribution in [3.63, 3.8) is 0 Å². The number of Topliss-reactive ketones (excluding diaryl/α,β-unsaturated/α-hetero) is 1. The van der Waals surface area contributed by atoms with Crippen molar-refractivity contribution in [2.45, 2.75) is 32.1 Å². The van der Waals surface area contributed by atoms with Crippen LogP contribution in [-0.2, 0) is 18.3 Å². The molecule has 0 spiro atoms. The topological polar surface area (TPSA) is 46.9 Å². The summed E-state index contributed by atoms with van der Waals surface area (Å²) in [5, 5.41) is 7.43. The van der Waals surface area contributed by atoms with Gasteiger partial charge in [-0.3, -0.25) is 9.48 Å². The molecular weight excluding hydrogens is 214 g/mol. The van der Waals surface area contributed by atoms with Gasteiger partial charge in [0.05, 0.1) is 6.20 Å². The number of nitrogens with one attached hydrogen (secondary N) is 1. The van der Waals surface area contributed by atoms with Gasteiger partial charge in [-0.25, -0.2) is 0 Å². The average molecular weight is 235 g/mol. The van der Waals surface area contributed by atoms with Gasteiger partial charge in [-0.2, -0.15) is 5.10 Å². The first-order valence-corrected chi connectivity index (χ1v) is 6.44. The number of piperidine rings is 1. The number of rotatable bonds is 5. The highest BCUT2D eigenvalue weighted by molar-refractivity contribution is 5.78. The Balaban J connectivity index is 1.70. The Labute approximate surface area is 102 Å². The van der Waals surface area contributed by atoms with Gasteiger partial charge in [0, 0.05) is 26.1 Å². The van der Waals surface area contributed by atoms with E-state index in [9.17, 15) is 4.79 Å². The number of hydrogen-bond acceptors (Lipinski definition) is 3. The third-order valence-electron chi connectivity index (χ3n) is 3.43. The van der Waals surface area contributed by atoms with Crippen LogP contribution >= 0.6 is 0 Å². The second-order valence-electron chi connectivity index (χ2n) is 4.96. The number of aryl methyl sites for hydroxylation is 2. The van der Waals surface area contributed by atoms with E-state index in [0.29, 0.717) is 18.1 Å². The van der Waals surface area contributed by atoms with Gasteiger partial charge in [0.1, 0.15) is 5.78 Å². The van der Waals surface area contributed by atoms with Crippen LogP contribution in [0.4, 0.5) is 0 Å². The monoisotopic (exact) mass is 235 g/mol. The molecule has 1 aromatic heterocycles. The molecule has 0 atom stereocenters. The largest absolute Gasteiger partial charge is 0.317 e. The van der Waals surface area contributed by atoms with Crippen LogP contribution in [0, 0.1) is 5.92 Å². The van der Waals surface area contributed by atoms with Crippen molar-refractivity contribution in [2.75, 3.05) is 13.1 Å². The minimum Gasteiger partial charge on any atom is -0.317 e. The molecule has 0 aromatic carbocycles. The molecule has 0 bridgehead atoms. The summed E-state index contributed by atoms with van der Waals surface area (Å²) in [4.78, 5) is 11.8. The lowest BCUT2D eigenvalue weighted by Gasteiger charge is -2.21. The SMILES string of the molecule is Cn1cc(CCC(=O)CC2CCNCC2)cn1. The van der Waals surface area contributed by atoms with Crippen molar-refractivity contribution in [1.29, 1.82) is 0 Å². The predicted octanol–water partition coefficient (Wildman–Crippen LogP) is 1.31. The van der Waals surface area contributed by atoms with E-state index in [1.165, 1.54) is 0 Å². The molecule has 0 radical (unpaired) electrons. The van der Waals surface area contributed by atoms with Crippen LogP contribution in [0.15, 0.2) is 12.4 Å². The van der Waals surface area contributed by atoms with Crippen molar-refractivity contribution >= 4 is 5.78 Å². The fraction of sp³-hybridized carbons (Fsp3) is 0.692. The van der Waals surface area contributed by atoms with E-state index in [4.69, 9.17) is 0 Å². The van der Waals surface area contributed by atoms with Crippen molar-refractivity contribution in [3.05, 3.63) is 18.0 Å². The number of hydrogen-bond donors (Lipinski definition) is 1. The molecule has 1 aliphatic heterocycles. The van der Waals surface area contributed by atoms with Gasteiger partial charge in [0.25, 0.3) is 0 Å². The van der Waals surface area contributed by atoms with Gasteiger partial charge in [0.15, 0.2) is 0 Å². The molecule has 2 heterocycles. The van der Waals surface area contributed by atoms with Gasteiger partial charge in [-0.05, 0) is 43.8 Å². The van der Waals surface area contributed by atoms with E-state index >= 15 is 0 Å². The van der Waals surface area contributed by atoms with Gasteiger partial charge >= 0.3 is 0 Å². The Morgan fingerprint density at radius 1 is 1.53 bits per heavy atom. The lowest BCUT2D eigenvalue weighted by molar-refractivity contribution is -0.120. The molecular formula is C13H21N3O. The Bertz CT molecular complexity index is 366. The third-order valence-corrected chi connectivity index (χ3v) is 3.43. The van der Waals surface area contributed by atoms with Crippen molar-refractivity contribution < 1.29 is 4.79 Å². The van der Waals surface area contributed by atoms with Crippen LogP contribution in [0.25, 0.3) is 0 Å². The first kappa shape index (κ1) is 12.3. The second-order valence-corrected chi connectivity index (χ2v) is 4.96. The minimum absolute atomic E-state index is 0.403. The zero-order chi connectivity index (χ0) is 12.1. The maximum atomic E-state index is 11.8. The molecule has 1 aliphatic rings. The zero-order valence-corrected chi connectivity index (χ0v) is 10.5. The van der Waals surface area contributed by atoms with Gasteiger partial charge < -0.3 is 5.32 Å². The Morgan fingerprint density at radius 2 is 2.29 bits per heavy atom. The molecule has 0 amide bonds. The van der Waals surface area contributed by atoms with E-state index < -0.39 is 0 Å². The highest BCUT2D eigenvalue weighted by Crippen LogP contribution is 2.17. The predicted molar refractivity (Wildman–Crippen MR) is 66.7 cm³/mol. The second kappa shape index (κ2) is 5.96. The van der Waals surface area contributed by atoms with Crippen LogP contribution in [0.1, 0.15) is 31.2 Å². The molecule has 2 rings (SSSR count). The maximum Gasteiger partial charge on any atom is 0.133 e. The maximum absolute atomic E-state index is 11.8. The van der Waals surface area contributed by atoms with Crippen molar-refractivity contribution in [2.24, 2.45) is 13.0 Å². The molecule has 1 N–H and O–H groups in total. The summed E-state index contributed by atoms with van der Waals surface area (Å²) >= 11 is 0. The number of ketones is 1. The summed E-state index contributed by atoms with van der Waals surface area (Å²) in [7, 11) is 1.90. The highest BCUT2D eigenvalue weighted by atomic mass is 16.1. The molecule has 4 heteroatoms. The molecule has 0 aliphatic carbocycles. The first-order chi connectivity index (χ1) is 8.24. The average Bonchev–Trinajstić information content (AvgIpc) is 2.74. The molecule has 4 nitrogen and oxygen atoms in total. The molecule has 1 saturated heterocycles. The molecule has 1 aromatic rings. The molecule has 0 unspecified atom stereocenters. The fourth-order valence-electron chi connectivity index (χ4n) is 2.39. The van der Waals surface area contributed by atoms with Gasteiger partial charge in [0.2, 0.25) is 0 Å². The fourth-order valence-corrected chi connectivity index (χ4v) is 2.39. The van der Waals surface area contributed by atoms with E-state index in [2.05, 4.69) is 10.4 Å². The van der Waals surface area contributed by atoms with E-state index in [1.807, 2.05) is 19.4 Å². The number of carbonyl (C=O) groups is 1.